The summed E-state index contributed by atoms with van der Waals surface area (Å²) in [6.07, 6.45) is 0.0258. The van der Waals surface area contributed by atoms with Crippen LogP contribution in [0.2, 0.25) is 0 Å². The van der Waals surface area contributed by atoms with Crippen LogP contribution >= 0.6 is 0 Å². The van der Waals surface area contributed by atoms with Crippen molar-refractivity contribution in [3.63, 3.8) is 0 Å². The zero-order chi connectivity index (χ0) is 14.4. The third-order valence-electron chi connectivity index (χ3n) is 2.59. The van der Waals surface area contributed by atoms with Gasteiger partial charge < -0.3 is 19.9 Å². The molecule has 0 saturated carbocycles. The molecule has 6 heteroatoms. The van der Waals surface area contributed by atoms with Crippen molar-refractivity contribution in [2.45, 2.75) is 19.4 Å². The Hall–Kier alpha value is -2.24. The molecule has 1 unspecified atom stereocenters. The van der Waals surface area contributed by atoms with Crippen molar-refractivity contribution in [2.24, 2.45) is 0 Å². The van der Waals surface area contributed by atoms with Gasteiger partial charge in [0.2, 0.25) is 5.91 Å². The molecule has 0 aliphatic rings. The highest BCUT2D eigenvalue weighted by atomic mass is 16.5. The molecule has 6 nitrogen and oxygen atoms in total. The number of rotatable bonds is 6. The smallest absolute Gasteiger partial charge is 0.325 e. The Morgan fingerprint density at radius 2 is 2.00 bits per heavy atom. The molecule has 0 aromatic heterocycles. The van der Waals surface area contributed by atoms with E-state index in [1.165, 1.54) is 21.1 Å². The summed E-state index contributed by atoms with van der Waals surface area (Å²) in [6, 6.07) is 4.18. The number of benzene rings is 1. The minimum Gasteiger partial charge on any atom is -0.497 e. The van der Waals surface area contributed by atoms with E-state index in [9.17, 15) is 9.59 Å². The maximum atomic E-state index is 11.7. The van der Waals surface area contributed by atoms with Crippen molar-refractivity contribution < 1.29 is 24.2 Å². The fraction of sp³-hybridized carbons (Fsp3) is 0.385. The summed E-state index contributed by atoms with van der Waals surface area (Å²) in [5.41, 5.74) is 0.636. The second-order valence-corrected chi connectivity index (χ2v) is 3.98. The number of amides is 1. The van der Waals surface area contributed by atoms with E-state index in [1.54, 1.807) is 18.2 Å². The van der Waals surface area contributed by atoms with E-state index >= 15 is 0 Å². The number of carbonyl (C=O) groups is 2. The summed E-state index contributed by atoms with van der Waals surface area (Å²) in [6.45, 7) is 1.41. The molecule has 1 aromatic carbocycles. The average Bonchev–Trinajstić information content (AvgIpc) is 2.38. The highest BCUT2D eigenvalue weighted by Crippen LogP contribution is 2.24. The summed E-state index contributed by atoms with van der Waals surface area (Å²) >= 11 is 0. The molecule has 0 fully saturated rings. The van der Waals surface area contributed by atoms with E-state index in [-0.39, 0.29) is 12.3 Å². The van der Waals surface area contributed by atoms with Crippen LogP contribution in [0.1, 0.15) is 12.5 Å². The molecule has 0 aliphatic carbocycles. The number of methoxy groups -OCH3 is 2. The molecule has 0 heterocycles. The average molecular weight is 267 g/mol. The van der Waals surface area contributed by atoms with E-state index in [2.05, 4.69) is 5.32 Å². The summed E-state index contributed by atoms with van der Waals surface area (Å²) in [5.74, 6) is -0.304. The first kappa shape index (κ1) is 14.8. The molecule has 0 saturated heterocycles. The second kappa shape index (κ2) is 6.63. The van der Waals surface area contributed by atoms with Crippen LogP contribution in [0.15, 0.2) is 18.2 Å². The fourth-order valence-corrected chi connectivity index (χ4v) is 1.55. The quantitative estimate of drug-likeness (QED) is 0.797. The van der Waals surface area contributed by atoms with Crippen LogP contribution in [-0.2, 0) is 16.0 Å². The van der Waals surface area contributed by atoms with Crippen molar-refractivity contribution in [3.8, 4) is 11.5 Å². The Bertz CT molecular complexity index is 472. The lowest BCUT2D eigenvalue weighted by atomic mass is 10.1. The van der Waals surface area contributed by atoms with Gasteiger partial charge >= 0.3 is 5.97 Å². The summed E-state index contributed by atoms with van der Waals surface area (Å²) in [5, 5.41) is 11.1. The summed E-state index contributed by atoms with van der Waals surface area (Å²) in [4.78, 5) is 22.4. The lowest BCUT2D eigenvalue weighted by molar-refractivity contribution is -0.141. The minimum absolute atomic E-state index is 0.0258. The van der Waals surface area contributed by atoms with E-state index in [1.807, 2.05) is 0 Å². The molecule has 2 N–H and O–H groups in total. The van der Waals surface area contributed by atoms with Crippen LogP contribution in [0.25, 0.3) is 0 Å². The zero-order valence-electron chi connectivity index (χ0n) is 11.1. The van der Waals surface area contributed by atoms with Crippen LogP contribution in [0, 0.1) is 0 Å². The van der Waals surface area contributed by atoms with E-state index in [0.29, 0.717) is 17.1 Å². The molecule has 0 aliphatic heterocycles. The van der Waals surface area contributed by atoms with E-state index < -0.39 is 12.0 Å². The van der Waals surface area contributed by atoms with E-state index in [4.69, 9.17) is 14.6 Å². The van der Waals surface area contributed by atoms with Gasteiger partial charge in [-0.2, -0.15) is 0 Å². The molecule has 104 valence electrons. The standard InChI is InChI=1S/C13H17NO5/c1-8(13(16)17)14-12(15)7-9-6-10(18-2)4-5-11(9)19-3/h4-6,8H,7H2,1-3H3,(H,14,15)(H,16,17). The molecule has 1 rings (SSSR count). The Balaban J connectivity index is 2.80. The van der Waals surface area contributed by atoms with Crippen molar-refractivity contribution in [3.05, 3.63) is 23.8 Å². The van der Waals surface area contributed by atoms with Gasteiger partial charge in [0.15, 0.2) is 0 Å². The topological polar surface area (TPSA) is 84.9 Å². The summed E-state index contributed by atoms with van der Waals surface area (Å²) < 4.78 is 10.2. The van der Waals surface area contributed by atoms with Gasteiger partial charge in [0.05, 0.1) is 20.6 Å². The first-order valence-electron chi connectivity index (χ1n) is 5.71. The van der Waals surface area contributed by atoms with Crippen LogP contribution in [0.3, 0.4) is 0 Å². The molecule has 0 spiro atoms. The first-order valence-corrected chi connectivity index (χ1v) is 5.71. The second-order valence-electron chi connectivity index (χ2n) is 3.98. The van der Waals surface area contributed by atoms with E-state index in [0.717, 1.165) is 0 Å². The Labute approximate surface area is 111 Å². The number of carbonyl (C=O) groups excluding carboxylic acids is 1. The third kappa shape index (κ3) is 4.17. The largest absolute Gasteiger partial charge is 0.497 e. The zero-order valence-corrected chi connectivity index (χ0v) is 11.1. The minimum atomic E-state index is -1.08. The first-order chi connectivity index (χ1) is 8.97. The van der Waals surface area contributed by atoms with Gasteiger partial charge in [-0.05, 0) is 25.1 Å². The van der Waals surface area contributed by atoms with Gasteiger partial charge in [0, 0.05) is 5.56 Å². The number of carboxylic acid groups (broad SMARTS) is 1. The molecular weight excluding hydrogens is 250 g/mol. The van der Waals surface area contributed by atoms with Crippen LogP contribution < -0.4 is 14.8 Å². The molecule has 0 radical (unpaired) electrons. The highest BCUT2D eigenvalue weighted by Gasteiger charge is 2.16. The summed E-state index contributed by atoms with van der Waals surface area (Å²) in [7, 11) is 3.03. The number of hydrogen-bond acceptors (Lipinski definition) is 4. The number of ether oxygens (including phenoxy) is 2. The van der Waals surface area contributed by atoms with Gasteiger partial charge in [-0.15, -0.1) is 0 Å². The van der Waals surface area contributed by atoms with Crippen molar-refractivity contribution in [1.29, 1.82) is 0 Å². The van der Waals surface area contributed by atoms with Gasteiger partial charge in [0.1, 0.15) is 17.5 Å². The fourth-order valence-electron chi connectivity index (χ4n) is 1.55. The Morgan fingerprint density at radius 3 is 2.53 bits per heavy atom. The molecule has 19 heavy (non-hydrogen) atoms. The number of aliphatic carboxylic acids is 1. The van der Waals surface area contributed by atoms with Crippen molar-refractivity contribution in [1.82, 2.24) is 5.32 Å². The van der Waals surface area contributed by atoms with Crippen LogP contribution in [-0.4, -0.2) is 37.2 Å². The van der Waals surface area contributed by atoms with Gasteiger partial charge in [-0.25, -0.2) is 0 Å². The Kier molecular flexibility index (Phi) is 5.17. The predicted octanol–water partition coefficient (Wildman–Crippen LogP) is 0.836. The van der Waals surface area contributed by atoms with Gasteiger partial charge in [-0.3, -0.25) is 9.59 Å². The number of nitrogens with one attached hydrogen (secondary N) is 1. The van der Waals surface area contributed by atoms with Gasteiger partial charge in [-0.1, -0.05) is 0 Å². The number of carboxylic acids is 1. The van der Waals surface area contributed by atoms with Gasteiger partial charge in [0.25, 0.3) is 0 Å². The van der Waals surface area contributed by atoms with Crippen molar-refractivity contribution >= 4 is 11.9 Å². The number of hydrogen-bond donors (Lipinski definition) is 2. The van der Waals surface area contributed by atoms with Crippen molar-refractivity contribution in [2.75, 3.05) is 14.2 Å². The molecule has 1 atom stereocenters. The lowest BCUT2D eigenvalue weighted by Gasteiger charge is -2.12. The molecule has 1 amide bonds. The highest BCUT2D eigenvalue weighted by molar-refractivity contribution is 5.85. The molecule has 0 bridgehead atoms. The van der Waals surface area contributed by atoms with Crippen LogP contribution in [0.5, 0.6) is 11.5 Å². The molecule has 1 aromatic rings. The third-order valence-corrected chi connectivity index (χ3v) is 2.59. The molecular formula is C13H17NO5. The predicted molar refractivity (Wildman–Crippen MR) is 68.5 cm³/mol. The lowest BCUT2D eigenvalue weighted by Crippen LogP contribution is -2.39. The maximum absolute atomic E-state index is 11.7. The van der Waals surface area contributed by atoms with Crippen LogP contribution in [0.4, 0.5) is 0 Å². The monoisotopic (exact) mass is 267 g/mol. The normalized spacial score (nSPS) is 11.5. The maximum Gasteiger partial charge on any atom is 0.325 e. The Morgan fingerprint density at radius 1 is 1.32 bits per heavy atom. The SMILES string of the molecule is COc1ccc(OC)c(CC(=O)NC(C)C(=O)O)c1.